The zero-order valence-corrected chi connectivity index (χ0v) is 18.3. The summed E-state index contributed by atoms with van der Waals surface area (Å²) < 4.78 is 13.1. The van der Waals surface area contributed by atoms with Crippen molar-refractivity contribution in [3.63, 3.8) is 0 Å². The minimum absolute atomic E-state index is 0.00409. The molecule has 1 amide bonds. The van der Waals surface area contributed by atoms with Crippen LogP contribution in [0.5, 0.6) is 5.75 Å². The molecular formula is C22H28N4O3S. The number of aromatic nitrogens is 3. The van der Waals surface area contributed by atoms with Crippen molar-refractivity contribution in [3.8, 4) is 5.75 Å². The number of rotatable bonds is 9. The maximum atomic E-state index is 12.4. The highest BCUT2D eigenvalue weighted by atomic mass is 32.2. The second kappa shape index (κ2) is 9.55. The Labute approximate surface area is 180 Å². The molecule has 4 rings (SSSR count). The van der Waals surface area contributed by atoms with Gasteiger partial charge in [-0.3, -0.25) is 4.79 Å². The number of aryl methyl sites for hydroxylation is 1. The van der Waals surface area contributed by atoms with Gasteiger partial charge in [-0.25, -0.2) is 0 Å². The summed E-state index contributed by atoms with van der Waals surface area (Å²) in [5.74, 6) is 1.77. The molecule has 8 heteroatoms. The van der Waals surface area contributed by atoms with Crippen LogP contribution in [-0.4, -0.2) is 40.6 Å². The van der Waals surface area contributed by atoms with Crippen molar-refractivity contribution in [2.24, 2.45) is 0 Å². The Morgan fingerprint density at radius 3 is 2.93 bits per heavy atom. The number of nitrogens with one attached hydrogen (secondary N) is 1. The summed E-state index contributed by atoms with van der Waals surface area (Å²) in [7, 11) is 1.62. The van der Waals surface area contributed by atoms with Crippen molar-refractivity contribution in [2.75, 3.05) is 19.9 Å². The molecule has 1 aliphatic carbocycles. The number of amides is 1. The second-order valence-electron chi connectivity index (χ2n) is 7.66. The van der Waals surface area contributed by atoms with E-state index in [1.165, 1.54) is 25.7 Å². The van der Waals surface area contributed by atoms with Gasteiger partial charge >= 0.3 is 0 Å². The lowest BCUT2D eigenvalue weighted by Crippen LogP contribution is -2.26. The van der Waals surface area contributed by atoms with Crippen molar-refractivity contribution >= 4 is 28.6 Å². The van der Waals surface area contributed by atoms with E-state index in [0.29, 0.717) is 19.0 Å². The lowest BCUT2D eigenvalue weighted by molar-refractivity contribution is -0.120. The minimum atomic E-state index is -0.00409. The van der Waals surface area contributed by atoms with E-state index in [1.807, 2.05) is 18.2 Å². The quantitative estimate of drug-likeness (QED) is 0.407. The van der Waals surface area contributed by atoms with Gasteiger partial charge in [0.1, 0.15) is 17.2 Å². The van der Waals surface area contributed by atoms with Crippen molar-refractivity contribution in [1.82, 2.24) is 20.1 Å². The van der Waals surface area contributed by atoms with E-state index in [2.05, 4.69) is 26.3 Å². The zero-order valence-electron chi connectivity index (χ0n) is 17.5. The highest BCUT2D eigenvalue weighted by Gasteiger charge is 2.23. The van der Waals surface area contributed by atoms with Gasteiger partial charge in [0.05, 0.1) is 19.8 Å². The Kier molecular flexibility index (Phi) is 6.62. The smallest absolute Gasteiger partial charge is 0.224 e. The van der Waals surface area contributed by atoms with Crippen LogP contribution in [0.2, 0.25) is 0 Å². The van der Waals surface area contributed by atoms with Gasteiger partial charge in [-0.1, -0.05) is 24.6 Å². The molecule has 0 saturated heterocycles. The van der Waals surface area contributed by atoms with Gasteiger partial charge in [-0.2, -0.15) is 0 Å². The Morgan fingerprint density at radius 1 is 1.33 bits per heavy atom. The number of carbonyl (C=O) groups excluding carboxylic acids is 1. The Bertz CT molecular complexity index is 1010. The van der Waals surface area contributed by atoms with Crippen LogP contribution in [0.15, 0.2) is 34.0 Å². The third-order valence-corrected chi connectivity index (χ3v) is 6.36. The van der Waals surface area contributed by atoms with Gasteiger partial charge in [0.2, 0.25) is 5.91 Å². The third kappa shape index (κ3) is 4.48. The molecule has 0 bridgehead atoms. The van der Waals surface area contributed by atoms with Gasteiger partial charge in [0.25, 0.3) is 0 Å². The van der Waals surface area contributed by atoms with Crippen molar-refractivity contribution in [3.05, 3.63) is 35.9 Å². The number of hydrogen-bond acceptors (Lipinski definition) is 6. The first-order chi connectivity index (χ1) is 14.7. The van der Waals surface area contributed by atoms with Gasteiger partial charge in [0, 0.05) is 36.0 Å². The number of methoxy groups -OCH3 is 1. The number of benzene rings is 1. The fourth-order valence-corrected chi connectivity index (χ4v) is 4.76. The fourth-order valence-electron chi connectivity index (χ4n) is 4.18. The average Bonchev–Trinajstić information content (AvgIpc) is 3.50. The summed E-state index contributed by atoms with van der Waals surface area (Å²) in [5.41, 5.74) is 1.61. The predicted octanol–water partition coefficient (Wildman–Crippen LogP) is 4.16. The summed E-state index contributed by atoms with van der Waals surface area (Å²) in [6, 6.07) is 6.17. The maximum absolute atomic E-state index is 12.4. The Balaban J connectivity index is 1.29. The van der Waals surface area contributed by atoms with E-state index < -0.39 is 0 Å². The molecule has 0 spiro atoms. The van der Waals surface area contributed by atoms with Gasteiger partial charge < -0.3 is 19.0 Å². The third-order valence-electron chi connectivity index (χ3n) is 5.72. The number of carbonyl (C=O) groups is 1. The molecule has 1 aromatic carbocycles. The normalized spacial score (nSPS) is 14.5. The van der Waals surface area contributed by atoms with Crippen molar-refractivity contribution in [2.45, 2.75) is 56.1 Å². The van der Waals surface area contributed by atoms with E-state index in [0.717, 1.165) is 46.1 Å². The standard InChI is InChI=1S/C22H28N4O3S/c1-28-17-9-10-18-15(14-29-19(18)13-17)12-21(27)23-11-5-8-20-24-25-22(30-2)26(20)16-6-3-4-7-16/h9-10,13-14,16H,3-8,11-12H2,1-2H3,(H,23,27). The number of nitrogens with zero attached hydrogens (tertiary/aromatic N) is 3. The number of ether oxygens (including phenoxy) is 1. The fraction of sp³-hybridized carbons (Fsp3) is 0.500. The zero-order chi connectivity index (χ0) is 20.9. The first-order valence-corrected chi connectivity index (χ1v) is 11.7. The monoisotopic (exact) mass is 428 g/mol. The van der Waals surface area contributed by atoms with Crippen LogP contribution in [0.3, 0.4) is 0 Å². The number of thioether (sulfide) groups is 1. The number of hydrogen-bond donors (Lipinski definition) is 1. The van der Waals surface area contributed by atoms with Crippen LogP contribution in [0, 0.1) is 0 Å². The summed E-state index contributed by atoms with van der Waals surface area (Å²) in [4.78, 5) is 12.4. The summed E-state index contributed by atoms with van der Waals surface area (Å²) in [5, 5.41) is 13.7. The molecule has 1 aliphatic rings. The number of fused-ring (bicyclic) bond motifs is 1. The lowest BCUT2D eigenvalue weighted by atomic mass is 10.1. The predicted molar refractivity (Wildman–Crippen MR) is 117 cm³/mol. The molecule has 0 atom stereocenters. The SMILES string of the molecule is COc1ccc2c(CC(=O)NCCCc3nnc(SC)n3C3CCCC3)coc2c1. The Morgan fingerprint density at radius 2 is 2.17 bits per heavy atom. The van der Waals surface area contributed by atoms with Crippen LogP contribution in [-0.2, 0) is 17.6 Å². The molecule has 3 aromatic rings. The molecule has 1 saturated carbocycles. The van der Waals surface area contributed by atoms with E-state index in [4.69, 9.17) is 9.15 Å². The van der Waals surface area contributed by atoms with E-state index in [-0.39, 0.29) is 5.91 Å². The number of furan rings is 1. The molecule has 0 radical (unpaired) electrons. The second-order valence-corrected chi connectivity index (χ2v) is 8.44. The Hall–Kier alpha value is -2.48. The molecule has 7 nitrogen and oxygen atoms in total. The molecule has 1 N–H and O–H groups in total. The van der Waals surface area contributed by atoms with Crippen LogP contribution in [0.1, 0.15) is 49.5 Å². The molecule has 2 heterocycles. The molecular weight excluding hydrogens is 400 g/mol. The van der Waals surface area contributed by atoms with E-state index in [1.54, 1.807) is 25.1 Å². The average molecular weight is 429 g/mol. The van der Waals surface area contributed by atoms with Gasteiger partial charge in [-0.05, 0) is 37.7 Å². The first kappa shape index (κ1) is 20.8. The largest absolute Gasteiger partial charge is 0.497 e. The molecule has 2 aromatic heterocycles. The van der Waals surface area contributed by atoms with Crippen molar-refractivity contribution < 1.29 is 13.9 Å². The van der Waals surface area contributed by atoms with E-state index >= 15 is 0 Å². The highest BCUT2D eigenvalue weighted by molar-refractivity contribution is 7.98. The topological polar surface area (TPSA) is 82.2 Å². The minimum Gasteiger partial charge on any atom is -0.497 e. The molecule has 160 valence electrons. The highest BCUT2D eigenvalue weighted by Crippen LogP contribution is 2.33. The van der Waals surface area contributed by atoms with Crippen molar-refractivity contribution in [1.29, 1.82) is 0 Å². The lowest BCUT2D eigenvalue weighted by Gasteiger charge is -2.16. The van der Waals surface area contributed by atoms with Crippen LogP contribution < -0.4 is 10.1 Å². The molecule has 30 heavy (non-hydrogen) atoms. The van der Waals surface area contributed by atoms with Crippen LogP contribution >= 0.6 is 11.8 Å². The van der Waals surface area contributed by atoms with Crippen LogP contribution in [0.4, 0.5) is 0 Å². The van der Waals surface area contributed by atoms with Gasteiger partial charge in [-0.15, -0.1) is 10.2 Å². The summed E-state index contributed by atoms with van der Waals surface area (Å²) in [6.07, 6.45) is 10.6. The summed E-state index contributed by atoms with van der Waals surface area (Å²) >= 11 is 1.66. The van der Waals surface area contributed by atoms with E-state index in [9.17, 15) is 4.79 Å². The maximum Gasteiger partial charge on any atom is 0.224 e. The molecule has 1 fully saturated rings. The molecule has 0 unspecified atom stereocenters. The first-order valence-electron chi connectivity index (χ1n) is 10.5. The summed E-state index contributed by atoms with van der Waals surface area (Å²) in [6.45, 7) is 0.620. The van der Waals surface area contributed by atoms with Crippen LogP contribution in [0.25, 0.3) is 11.0 Å². The van der Waals surface area contributed by atoms with Gasteiger partial charge in [0.15, 0.2) is 5.16 Å². The molecule has 0 aliphatic heterocycles.